The van der Waals surface area contributed by atoms with Crippen molar-refractivity contribution in [1.29, 1.82) is 0 Å². The average Bonchev–Trinajstić information content (AvgIpc) is 2.69. The lowest BCUT2D eigenvalue weighted by Crippen LogP contribution is -2.33. The number of nitrogens with one attached hydrogen (secondary N) is 1. The quantitative estimate of drug-likeness (QED) is 0.638. The number of amides is 1. The molecule has 0 bridgehead atoms. The molecule has 0 saturated heterocycles. The largest absolute Gasteiger partial charge is 0.372 e. The highest BCUT2D eigenvalue weighted by Crippen LogP contribution is 2.29. The lowest BCUT2D eigenvalue weighted by atomic mass is 9.90. The Morgan fingerprint density at radius 3 is 2.20 bits per heavy atom. The summed E-state index contributed by atoms with van der Waals surface area (Å²) in [6.45, 7) is 0. The van der Waals surface area contributed by atoms with Crippen molar-refractivity contribution in [3.05, 3.63) is 65.7 Å². The van der Waals surface area contributed by atoms with Crippen LogP contribution >= 0.6 is 0 Å². The van der Waals surface area contributed by atoms with Crippen molar-refractivity contribution >= 4 is 11.6 Å². The molecule has 1 amide bonds. The van der Waals surface area contributed by atoms with E-state index in [4.69, 9.17) is 5.21 Å². The Hall–Kier alpha value is -2.33. The SMILES string of the molecule is CN(c1ccc(C(C(=O)NO)c2ccccc2)cc1)C1CCCCC1. The van der Waals surface area contributed by atoms with E-state index in [2.05, 4.69) is 24.1 Å². The average molecular weight is 338 g/mol. The first-order valence-corrected chi connectivity index (χ1v) is 9.02. The lowest BCUT2D eigenvalue weighted by Gasteiger charge is -2.33. The minimum absolute atomic E-state index is 0.417. The molecule has 0 spiro atoms. The fraction of sp³-hybridized carbons (Fsp3) is 0.381. The summed E-state index contributed by atoms with van der Waals surface area (Å²) >= 11 is 0. The number of hydrogen-bond acceptors (Lipinski definition) is 3. The highest BCUT2D eigenvalue weighted by molar-refractivity contribution is 5.86. The predicted octanol–water partition coefficient (Wildman–Crippen LogP) is 4.09. The van der Waals surface area contributed by atoms with Crippen LogP contribution in [0.4, 0.5) is 5.69 Å². The van der Waals surface area contributed by atoms with Gasteiger partial charge in [0.15, 0.2) is 0 Å². The number of hydrogen-bond donors (Lipinski definition) is 2. The maximum Gasteiger partial charge on any atom is 0.255 e. The van der Waals surface area contributed by atoms with Crippen molar-refractivity contribution in [2.75, 3.05) is 11.9 Å². The highest BCUT2D eigenvalue weighted by Gasteiger charge is 2.23. The maximum atomic E-state index is 12.2. The van der Waals surface area contributed by atoms with Crippen LogP contribution in [-0.4, -0.2) is 24.2 Å². The fourth-order valence-corrected chi connectivity index (χ4v) is 3.79. The summed E-state index contributed by atoms with van der Waals surface area (Å²) in [4.78, 5) is 14.6. The monoisotopic (exact) mass is 338 g/mol. The molecule has 0 radical (unpaired) electrons. The Bertz CT molecular complexity index is 679. The van der Waals surface area contributed by atoms with E-state index in [0.29, 0.717) is 6.04 Å². The van der Waals surface area contributed by atoms with E-state index >= 15 is 0 Å². The second-order valence-electron chi connectivity index (χ2n) is 6.81. The van der Waals surface area contributed by atoms with Gasteiger partial charge in [-0.05, 0) is 36.1 Å². The number of benzene rings is 2. The van der Waals surface area contributed by atoms with E-state index in [1.54, 1.807) is 5.48 Å². The number of rotatable bonds is 5. The van der Waals surface area contributed by atoms with Gasteiger partial charge in [0.05, 0.1) is 5.92 Å². The van der Waals surface area contributed by atoms with Crippen LogP contribution in [0.2, 0.25) is 0 Å². The number of hydroxylamine groups is 1. The number of carbonyl (C=O) groups is 1. The maximum absolute atomic E-state index is 12.2. The van der Waals surface area contributed by atoms with Crippen LogP contribution in [0.15, 0.2) is 54.6 Å². The van der Waals surface area contributed by atoms with Gasteiger partial charge in [-0.15, -0.1) is 0 Å². The van der Waals surface area contributed by atoms with E-state index in [1.165, 1.54) is 37.8 Å². The van der Waals surface area contributed by atoms with Crippen molar-refractivity contribution in [3.8, 4) is 0 Å². The van der Waals surface area contributed by atoms with Gasteiger partial charge in [-0.1, -0.05) is 61.7 Å². The second kappa shape index (κ2) is 8.17. The van der Waals surface area contributed by atoms with Crippen molar-refractivity contribution < 1.29 is 10.0 Å². The van der Waals surface area contributed by atoms with E-state index < -0.39 is 11.8 Å². The summed E-state index contributed by atoms with van der Waals surface area (Å²) in [5, 5.41) is 9.13. The van der Waals surface area contributed by atoms with Gasteiger partial charge in [0.1, 0.15) is 0 Å². The van der Waals surface area contributed by atoms with Crippen molar-refractivity contribution in [1.82, 2.24) is 5.48 Å². The third kappa shape index (κ3) is 4.02. The summed E-state index contributed by atoms with van der Waals surface area (Å²) in [5.41, 5.74) is 4.71. The van der Waals surface area contributed by atoms with Gasteiger partial charge >= 0.3 is 0 Å². The van der Waals surface area contributed by atoms with Crippen molar-refractivity contribution in [2.24, 2.45) is 0 Å². The molecule has 1 aliphatic carbocycles. The number of anilines is 1. The molecule has 0 heterocycles. The Morgan fingerprint density at radius 1 is 1.00 bits per heavy atom. The van der Waals surface area contributed by atoms with Gasteiger partial charge in [0, 0.05) is 18.8 Å². The standard InChI is InChI=1S/C21H26N2O2/c1-23(18-10-6-3-7-11-18)19-14-12-17(13-15-19)20(21(24)22-25)16-8-4-2-5-9-16/h2,4-5,8-9,12-15,18,20,25H,3,6-7,10-11H2,1H3,(H,22,24). The minimum Gasteiger partial charge on any atom is -0.372 e. The molecule has 4 nitrogen and oxygen atoms in total. The van der Waals surface area contributed by atoms with Gasteiger partial charge in [0.25, 0.3) is 5.91 Å². The lowest BCUT2D eigenvalue weighted by molar-refractivity contribution is -0.129. The molecular formula is C21H26N2O2. The summed E-state index contributed by atoms with van der Waals surface area (Å²) in [6.07, 6.45) is 6.45. The zero-order valence-corrected chi connectivity index (χ0v) is 14.7. The van der Waals surface area contributed by atoms with E-state index in [1.807, 2.05) is 42.5 Å². The van der Waals surface area contributed by atoms with E-state index in [-0.39, 0.29) is 0 Å². The molecule has 4 heteroatoms. The number of nitrogens with zero attached hydrogens (tertiary/aromatic N) is 1. The molecule has 0 aromatic heterocycles. The molecule has 2 aromatic rings. The molecule has 25 heavy (non-hydrogen) atoms. The summed E-state index contributed by atoms with van der Waals surface area (Å²) < 4.78 is 0. The number of carbonyl (C=O) groups excluding carboxylic acids is 1. The third-order valence-corrected chi connectivity index (χ3v) is 5.26. The molecule has 1 aliphatic rings. The van der Waals surface area contributed by atoms with Gasteiger partial charge in [-0.2, -0.15) is 0 Å². The van der Waals surface area contributed by atoms with Crippen LogP contribution in [0.5, 0.6) is 0 Å². The van der Waals surface area contributed by atoms with Crippen LogP contribution in [0, 0.1) is 0 Å². The van der Waals surface area contributed by atoms with E-state index in [0.717, 1.165) is 11.1 Å². The Labute approximate surface area is 149 Å². The third-order valence-electron chi connectivity index (χ3n) is 5.26. The first-order chi connectivity index (χ1) is 12.2. The smallest absolute Gasteiger partial charge is 0.255 e. The Balaban J connectivity index is 1.82. The molecule has 1 unspecified atom stereocenters. The van der Waals surface area contributed by atoms with Crippen LogP contribution in [0.3, 0.4) is 0 Å². The van der Waals surface area contributed by atoms with Gasteiger partial charge in [-0.25, -0.2) is 5.48 Å². The molecule has 3 rings (SSSR count). The molecule has 1 saturated carbocycles. The Kier molecular flexibility index (Phi) is 5.71. The normalized spacial score (nSPS) is 16.2. The summed E-state index contributed by atoms with van der Waals surface area (Å²) in [6, 6.07) is 18.3. The van der Waals surface area contributed by atoms with Crippen LogP contribution in [-0.2, 0) is 4.79 Å². The minimum atomic E-state index is -0.514. The van der Waals surface area contributed by atoms with Gasteiger partial charge in [-0.3, -0.25) is 10.0 Å². The summed E-state index contributed by atoms with van der Waals surface area (Å²) in [7, 11) is 2.15. The van der Waals surface area contributed by atoms with Crippen LogP contribution in [0.1, 0.15) is 49.1 Å². The van der Waals surface area contributed by atoms with Crippen LogP contribution in [0.25, 0.3) is 0 Å². The molecule has 132 valence electrons. The van der Waals surface area contributed by atoms with Gasteiger partial charge in [0.2, 0.25) is 0 Å². The molecule has 1 atom stereocenters. The zero-order chi connectivity index (χ0) is 17.6. The highest BCUT2D eigenvalue weighted by atomic mass is 16.5. The van der Waals surface area contributed by atoms with Crippen molar-refractivity contribution in [3.63, 3.8) is 0 Å². The molecule has 2 aromatic carbocycles. The van der Waals surface area contributed by atoms with E-state index in [9.17, 15) is 4.79 Å². The summed E-state index contributed by atoms with van der Waals surface area (Å²) in [5.74, 6) is -0.931. The molecule has 0 aliphatic heterocycles. The molecule has 1 fully saturated rings. The van der Waals surface area contributed by atoms with Crippen molar-refractivity contribution in [2.45, 2.75) is 44.1 Å². The predicted molar refractivity (Wildman–Crippen MR) is 99.9 cm³/mol. The van der Waals surface area contributed by atoms with Crippen LogP contribution < -0.4 is 10.4 Å². The zero-order valence-electron chi connectivity index (χ0n) is 14.7. The van der Waals surface area contributed by atoms with Gasteiger partial charge < -0.3 is 4.90 Å². The Morgan fingerprint density at radius 2 is 1.60 bits per heavy atom. The first-order valence-electron chi connectivity index (χ1n) is 9.02. The fourth-order valence-electron chi connectivity index (χ4n) is 3.79. The first kappa shape index (κ1) is 17.5. The molecule has 2 N–H and O–H groups in total. The molecular weight excluding hydrogens is 312 g/mol. The second-order valence-corrected chi connectivity index (χ2v) is 6.81. The topological polar surface area (TPSA) is 52.6 Å².